The molecule has 70 valence electrons. The van der Waals surface area contributed by atoms with Crippen LogP contribution in [0.3, 0.4) is 0 Å². The van der Waals surface area contributed by atoms with E-state index in [1.54, 1.807) is 0 Å². The summed E-state index contributed by atoms with van der Waals surface area (Å²) in [7, 11) is 0. The van der Waals surface area contributed by atoms with E-state index in [0.717, 1.165) is 17.3 Å². The molecule has 0 saturated heterocycles. The van der Waals surface area contributed by atoms with Crippen molar-refractivity contribution in [2.24, 2.45) is 5.92 Å². The number of rotatable bonds is 2. The van der Waals surface area contributed by atoms with Gasteiger partial charge in [-0.2, -0.15) is 23.5 Å². The molecule has 0 fully saturated rings. The van der Waals surface area contributed by atoms with Crippen molar-refractivity contribution >= 4 is 0 Å². The molecule has 0 aromatic carbocycles. The second-order valence-electron chi connectivity index (χ2n) is 2.34. The molecular weight excluding hydrogens is 185 g/mol. The van der Waals surface area contributed by atoms with Crippen LogP contribution < -0.4 is 0 Å². The first-order chi connectivity index (χ1) is 6.04. The molecule has 0 bridgehead atoms. The summed E-state index contributed by atoms with van der Waals surface area (Å²) in [4.78, 5) is 3.47. The number of hydrogen-bond acceptors (Lipinski definition) is 3. The normalized spacial score (nSPS) is 13.7. The molecule has 0 aliphatic carbocycles. The first-order valence-electron chi connectivity index (χ1n) is 3.33. The Morgan fingerprint density at radius 3 is 2.62 bits per heavy atom. The van der Waals surface area contributed by atoms with Crippen LogP contribution in [-0.2, 0) is 6.54 Å². The zero-order chi connectivity index (χ0) is 9.90. The van der Waals surface area contributed by atoms with E-state index in [2.05, 4.69) is 10.1 Å². The van der Waals surface area contributed by atoms with Crippen LogP contribution in [0.5, 0.6) is 0 Å². The van der Waals surface area contributed by atoms with Gasteiger partial charge in [-0.05, 0) is 0 Å². The lowest BCUT2D eigenvalue weighted by atomic mass is 10.2. The maximum absolute atomic E-state index is 12.0. The fraction of sp³-hybridized carbons (Fsp3) is 0.500. The molecular formula is C6H5F3N4. The Morgan fingerprint density at radius 1 is 1.54 bits per heavy atom. The summed E-state index contributed by atoms with van der Waals surface area (Å²) in [6.07, 6.45) is -2.26. The topological polar surface area (TPSA) is 54.5 Å². The van der Waals surface area contributed by atoms with E-state index in [-0.39, 0.29) is 0 Å². The van der Waals surface area contributed by atoms with Gasteiger partial charge in [-0.1, -0.05) is 0 Å². The third kappa shape index (κ3) is 2.43. The second kappa shape index (κ2) is 3.43. The van der Waals surface area contributed by atoms with Crippen molar-refractivity contribution in [2.45, 2.75) is 12.7 Å². The van der Waals surface area contributed by atoms with E-state index in [1.165, 1.54) is 6.07 Å². The molecule has 0 N–H and O–H groups in total. The van der Waals surface area contributed by atoms with Crippen molar-refractivity contribution < 1.29 is 13.2 Å². The van der Waals surface area contributed by atoms with Crippen molar-refractivity contribution in [3.05, 3.63) is 12.7 Å². The molecule has 4 nitrogen and oxygen atoms in total. The lowest BCUT2D eigenvalue weighted by Gasteiger charge is -2.11. The first kappa shape index (κ1) is 9.51. The van der Waals surface area contributed by atoms with Crippen LogP contribution in [0.4, 0.5) is 13.2 Å². The van der Waals surface area contributed by atoms with Gasteiger partial charge in [-0.25, -0.2) is 4.98 Å². The highest BCUT2D eigenvalue weighted by atomic mass is 19.4. The van der Waals surface area contributed by atoms with Crippen molar-refractivity contribution in [2.75, 3.05) is 0 Å². The predicted molar refractivity (Wildman–Crippen MR) is 35.2 cm³/mol. The number of hydrogen-bond donors (Lipinski definition) is 0. The van der Waals surface area contributed by atoms with Gasteiger partial charge in [0.05, 0.1) is 12.6 Å². The van der Waals surface area contributed by atoms with Gasteiger partial charge < -0.3 is 0 Å². The molecule has 0 aliphatic rings. The average Bonchev–Trinajstić information content (AvgIpc) is 2.49. The van der Waals surface area contributed by atoms with Gasteiger partial charge in [0.15, 0.2) is 5.92 Å². The molecule has 0 amide bonds. The minimum absolute atomic E-state index is 0.514. The second-order valence-corrected chi connectivity index (χ2v) is 2.34. The number of alkyl halides is 3. The number of nitrogens with zero attached hydrogens (tertiary/aromatic N) is 4. The Kier molecular flexibility index (Phi) is 2.51. The first-order valence-corrected chi connectivity index (χ1v) is 3.33. The molecule has 1 unspecified atom stereocenters. The van der Waals surface area contributed by atoms with Crippen molar-refractivity contribution in [3.63, 3.8) is 0 Å². The van der Waals surface area contributed by atoms with Crippen LogP contribution in [0.25, 0.3) is 0 Å². The summed E-state index contributed by atoms with van der Waals surface area (Å²) < 4.78 is 37.1. The molecule has 0 saturated carbocycles. The summed E-state index contributed by atoms with van der Waals surface area (Å²) in [5.74, 6) is -2.03. The van der Waals surface area contributed by atoms with Crippen LogP contribution in [0.2, 0.25) is 0 Å². The smallest absolute Gasteiger partial charge is 0.251 e. The SMILES string of the molecule is N#CC(Cn1cncn1)C(F)(F)F. The van der Waals surface area contributed by atoms with Crippen LogP contribution >= 0.6 is 0 Å². The lowest BCUT2D eigenvalue weighted by Crippen LogP contribution is -2.26. The standard InChI is InChI=1S/C6H5F3N4/c7-6(8,9)5(1-10)2-13-4-11-3-12-13/h3-5H,2H2. The molecule has 0 aliphatic heterocycles. The average molecular weight is 190 g/mol. The molecule has 1 heterocycles. The largest absolute Gasteiger partial charge is 0.406 e. The highest BCUT2D eigenvalue weighted by Gasteiger charge is 2.40. The Bertz CT molecular complexity index is 297. The molecule has 1 aromatic heterocycles. The summed E-state index contributed by atoms with van der Waals surface area (Å²) in [5, 5.41) is 11.7. The van der Waals surface area contributed by atoms with Gasteiger partial charge in [0.2, 0.25) is 0 Å². The third-order valence-electron chi connectivity index (χ3n) is 1.39. The van der Waals surface area contributed by atoms with Crippen LogP contribution in [-0.4, -0.2) is 20.9 Å². The van der Waals surface area contributed by atoms with Crippen molar-refractivity contribution in [1.82, 2.24) is 14.8 Å². The molecule has 1 atom stereocenters. The fourth-order valence-corrected chi connectivity index (χ4v) is 0.732. The zero-order valence-corrected chi connectivity index (χ0v) is 6.36. The van der Waals surface area contributed by atoms with Gasteiger partial charge in [0.25, 0.3) is 0 Å². The van der Waals surface area contributed by atoms with Crippen LogP contribution in [0.15, 0.2) is 12.7 Å². The Labute approximate surface area is 71.6 Å². The van der Waals surface area contributed by atoms with E-state index in [0.29, 0.717) is 0 Å². The van der Waals surface area contributed by atoms with Gasteiger partial charge in [0.1, 0.15) is 12.7 Å². The number of aromatic nitrogens is 3. The molecule has 1 rings (SSSR count). The van der Waals surface area contributed by atoms with E-state index < -0.39 is 18.6 Å². The van der Waals surface area contributed by atoms with Crippen molar-refractivity contribution in [3.8, 4) is 6.07 Å². The fourth-order valence-electron chi connectivity index (χ4n) is 0.732. The summed E-state index contributed by atoms with van der Waals surface area (Å²) in [6, 6.07) is 1.17. The monoisotopic (exact) mass is 190 g/mol. The zero-order valence-electron chi connectivity index (χ0n) is 6.36. The summed E-state index contributed by atoms with van der Waals surface area (Å²) in [5.41, 5.74) is 0. The Morgan fingerprint density at radius 2 is 2.23 bits per heavy atom. The van der Waals surface area contributed by atoms with Gasteiger partial charge in [0, 0.05) is 0 Å². The maximum Gasteiger partial charge on any atom is 0.406 e. The summed E-state index contributed by atoms with van der Waals surface area (Å²) >= 11 is 0. The van der Waals surface area contributed by atoms with Crippen LogP contribution in [0.1, 0.15) is 0 Å². The van der Waals surface area contributed by atoms with Crippen LogP contribution in [0, 0.1) is 17.2 Å². The van der Waals surface area contributed by atoms with Gasteiger partial charge in [-0.3, -0.25) is 4.68 Å². The lowest BCUT2D eigenvalue weighted by molar-refractivity contribution is -0.162. The maximum atomic E-state index is 12.0. The highest BCUT2D eigenvalue weighted by Crippen LogP contribution is 2.26. The van der Waals surface area contributed by atoms with Gasteiger partial charge in [-0.15, -0.1) is 0 Å². The molecule has 0 radical (unpaired) electrons. The molecule has 13 heavy (non-hydrogen) atoms. The minimum Gasteiger partial charge on any atom is -0.251 e. The molecule has 1 aromatic rings. The third-order valence-corrected chi connectivity index (χ3v) is 1.39. The molecule has 7 heteroatoms. The van der Waals surface area contributed by atoms with Crippen molar-refractivity contribution in [1.29, 1.82) is 5.26 Å². The van der Waals surface area contributed by atoms with Gasteiger partial charge >= 0.3 is 6.18 Å². The minimum atomic E-state index is -4.51. The quantitative estimate of drug-likeness (QED) is 0.698. The van der Waals surface area contributed by atoms with E-state index >= 15 is 0 Å². The predicted octanol–water partition coefficient (Wildman–Crippen LogP) is 0.980. The molecule has 0 spiro atoms. The van der Waals surface area contributed by atoms with E-state index in [4.69, 9.17) is 5.26 Å². The number of halogens is 3. The van der Waals surface area contributed by atoms with E-state index in [1.807, 2.05) is 0 Å². The summed E-state index contributed by atoms with van der Waals surface area (Å²) in [6.45, 7) is -0.514. The Hall–Kier alpha value is -1.58. The highest BCUT2D eigenvalue weighted by molar-refractivity contribution is 4.88. The number of nitriles is 1. The van der Waals surface area contributed by atoms with E-state index in [9.17, 15) is 13.2 Å². The Balaban J connectivity index is 2.67.